The minimum Gasteiger partial charge on any atom is -0.495 e. The van der Waals surface area contributed by atoms with Crippen molar-refractivity contribution in [2.75, 3.05) is 29.8 Å². The number of benzene rings is 2. The zero-order chi connectivity index (χ0) is 18.1. The molecule has 0 bridgehead atoms. The summed E-state index contributed by atoms with van der Waals surface area (Å²) < 4.78 is 33.9. The van der Waals surface area contributed by atoms with Crippen LogP contribution in [0, 0.1) is 0 Å². The van der Waals surface area contributed by atoms with Gasteiger partial charge in [0.05, 0.1) is 17.7 Å². The Morgan fingerprint density at radius 1 is 0.962 bits per heavy atom. The number of hydrogen-bond donors (Lipinski definition) is 1. The normalized spacial score (nSPS) is 16.6. The lowest BCUT2D eigenvalue weighted by Gasteiger charge is -2.20. The van der Waals surface area contributed by atoms with Crippen molar-refractivity contribution in [3.63, 3.8) is 0 Å². The summed E-state index contributed by atoms with van der Waals surface area (Å²) in [6.07, 6.45) is 5.42. The van der Waals surface area contributed by atoms with Gasteiger partial charge in [-0.25, -0.2) is 8.42 Å². The number of sulfonamides is 1. The maximum Gasteiger partial charge on any atom is 0.262 e. The molecule has 0 atom stereocenters. The number of aryl methyl sites for hydroxylation is 2. The molecule has 0 spiro atoms. The fourth-order valence-electron chi connectivity index (χ4n) is 3.87. The zero-order valence-electron chi connectivity index (χ0n) is 15.0. The van der Waals surface area contributed by atoms with Gasteiger partial charge in [0, 0.05) is 18.8 Å². The molecule has 1 saturated heterocycles. The fourth-order valence-corrected chi connectivity index (χ4v) is 4.98. The molecule has 26 heavy (non-hydrogen) atoms. The molecule has 1 fully saturated rings. The van der Waals surface area contributed by atoms with Gasteiger partial charge in [0.25, 0.3) is 10.0 Å². The van der Waals surface area contributed by atoms with E-state index in [2.05, 4.69) is 9.62 Å². The van der Waals surface area contributed by atoms with Crippen LogP contribution in [-0.4, -0.2) is 28.6 Å². The van der Waals surface area contributed by atoms with Crippen molar-refractivity contribution < 1.29 is 13.2 Å². The molecule has 0 radical (unpaired) electrons. The van der Waals surface area contributed by atoms with Crippen LogP contribution in [0.15, 0.2) is 41.3 Å². The summed E-state index contributed by atoms with van der Waals surface area (Å²) in [5.41, 5.74) is 3.91. The Morgan fingerprint density at radius 3 is 2.50 bits per heavy atom. The fraction of sp³-hybridized carbons (Fsp3) is 0.400. The second-order valence-corrected chi connectivity index (χ2v) is 8.65. The first kappa shape index (κ1) is 17.2. The Morgan fingerprint density at radius 2 is 1.73 bits per heavy atom. The van der Waals surface area contributed by atoms with Gasteiger partial charge in [0.1, 0.15) is 5.75 Å². The molecule has 2 aromatic carbocycles. The molecule has 1 aliphatic heterocycles. The van der Waals surface area contributed by atoms with E-state index in [4.69, 9.17) is 4.74 Å². The van der Waals surface area contributed by atoms with Gasteiger partial charge in [-0.05, 0) is 73.6 Å². The van der Waals surface area contributed by atoms with Gasteiger partial charge >= 0.3 is 0 Å². The summed E-state index contributed by atoms with van der Waals surface area (Å²) in [6.45, 7) is 2.01. The summed E-state index contributed by atoms with van der Waals surface area (Å²) in [6, 6.07) is 11.1. The van der Waals surface area contributed by atoms with E-state index < -0.39 is 10.0 Å². The standard InChI is InChI=1S/C20H24N2O3S/c1-25-20-10-8-17(22-11-2-3-12-22)14-19(20)21-26(23,24)18-9-7-15-5-4-6-16(15)13-18/h7-10,13-14,21H,2-6,11-12H2,1H3. The maximum atomic E-state index is 12.9. The van der Waals surface area contributed by atoms with Crippen LogP contribution < -0.4 is 14.4 Å². The lowest BCUT2D eigenvalue weighted by atomic mass is 10.1. The molecular formula is C20H24N2O3S. The smallest absolute Gasteiger partial charge is 0.262 e. The van der Waals surface area contributed by atoms with E-state index >= 15 is 0 Å². The highest BCUT2D eigenvalue weighted by molar-refractivity contribution is 7.92. The third-order valence-corrected chi connectivity index (χ3v) is 6.64. The second-order valence-electron chi connectivity index (χ2n) is 6.97. The number of hydrogen-bond acceptors (Lipinski definition) is 4. The molecule has 0 amide bonds. The van der Waals surface area contributed by atoms with Crippen molar-refractivity contribution in [2.45, 2.75) is 37.0 Å². The molecule has 5 nitrogen and oxygen atoms in total. The molecule has 2 aliphatic rings. The Hall–Kier alpha value is -2.21. The molecule has 2 aromatic rings. The third kappa shape index (κ3) is 3.26. The Balaban J connectivity index is 1.65. The number of rotatable bonds is 5. The van der Waals surface area contributed by atoms with Crippen molar-refractivity contribution in [3.8, 4) is 5.75 Å². The molecule has 0 aromatic heterocycles. The molecule has 1 aliphatic carbocycles. The summed E-state index contributed by atoms with van der Waals surface area (Å²) in [7, 11) is -2.10. The van der Waals surface area contributed by atoms with Crippen molar-refractivity contribution >= 4 is 21.4 Å². The summed E-state index contributed by atoms with van der Waals surface area (Å²) >= 11 is 0. The summed E-state index contributed by atoms with van der Waals surface area (Å²) in [4.78, 5) is 2.58. The molecular weight excluding hydrogens is 348 g/mol. The molecule has 0 unspecified atom stereocenters. The number of fused-ring (bicyclic) bond motifs is 1. The minimum atomic E-state index is -3.66. The van der Waals surface area contributed by atoms with Gasteiger partial charge in [0.2, 0.25) is 0 Å². The quantitative estimate of drug-likeness (QED) is 0.871. The lowest BCUT2D eigenvalue weighted by molar-refractivity contribution is 0.417. The van der Waals surface area contributed by atoms with Crippen molar-refractivity contribution in [2.24, 2.45) is 0 Å². The number of anilines is 2. The van der Waals surface area contributed by atoms with E-state index in [-0.39, 0.29) is 0 Å². The highest BCUT2D eigenvalue weighted by Gasteiger charge is 2.21. The van der Waals surface area contributed by atoms with Gasteiger partial charge in [0.15, 0.2) is 0 Å². The average Bonchev–Trinajstić information content (AvgIpc) is 3.32. The van der Waals surface area contributed by atoms with Crippen LogP contribution in [0.25, 0.3) is 0 Å². The van der Waals surface area contributed by atoms with Crippen LogP contribution in [0.5, 0.6) is 5.75 Å². The number of nitrogens with one attached hydrogen (secondary N) is 1. The molecule has 1 N–H and O–H groups in total. The first-order valence-corrected chi connectivity index (χ1v) is 10.6. The predicted octanol–water partition coefficient (Wildman–Crippen LogP) is 3.58. The molecule has 0 saturated carbocycles. The summed E-state index contributed by atoms with van der Waals surface area (Å²) in [5, 5.41) is 0. The average molecular weight is 372 g/mol. The van der Waals surface area contributed by atoms with Gasteiger partial charge in [-0.1, -0.05) is 6.07 Å². The van der Waals surface area contributed by atoms with Crippen molar-refractivity contribution in [1.29, 1.82) is 0 Å². The zero-order valence-corrected chi connectivity index (χ0v) is 15.8. The van der Waals surface area contributed by atoms with Crippen LogP contribution in [0.4, 0.5) is 11.4 Å². The lowest BCUT2D eigenvalue weighted by Crippen LogP contribution is -2.18. The highest BCUT2D eigenvalue weighted by atomic mass is 32.2. The summed E-state index contributed by atoms with van der Waals surface area (Å²) in [5.74, 6) is 0.526. The molecule has 1 heterocycles. The van der Waals surface area contributed by atoms with E-state index in [9.17, 15) is 8.42 Å². The van der Waals surface area contributed by atoms with Gasteiger partial charge in [-0.2, -0.15) is 0 Å². The van der Waals surface area contributed by atoms with Crippen molar-refractivity contribution in [3.05, 3.63) is 47.5 Å². The molecule has 138 valence electrons. The van der Waals surface area contributed by atoms with Crippen LogP contribution >= 0.6 is 0 Å². The number of nitrogens with zero attached hydrogens (tertiary/aromatic N) is 1. The van der Waals surface area contributed by atoms with E-state index in [1.165, 1.54) is 18.4 Å². The van der Waals surface area contributed by atoms with E-state index in [1.54, 1.807) is 13.2 Å². The van der Waals surface area contributed by atoms with E-state index in [0.717, 1.165) is 43.6 Å². The van der Waals surface area contributed by atoms with Gasteiger partial charge in [-0.3, -0.25) is 4.72 Å². The van der Waals surface area contributed by atoms with Crippen LogP contribution in [0.3, 0.4) is 0 Å². The Bertz CT molecular complexity index is 919. The number of ether oxygens (including phenoxy) is 1. The third-order valence-electron chi connectivity index (χ3n) is 5.28. The van der Waals surface area contributed by atoms with Crippen LogP contribution in [0.1, 0.15) is 30.4 Å². The highest BCUT2D eigenvalue weighted by Crippen LogP contribution is 2.33. The minimum absolute atomic E-state index is 0.312. The first-order valence-electron chi connectivity index (χ1n) is 9.14. The second kappa shape index (κ2) is 6.83. The Labute approximate surface area is 155 Å². The largest absolute Gasteiger partial charge is 0.495 e. The van der Waals surface area contributed by atoms with Gasteiger partial charge in [-0.15, -0.1) is 0 Å². The number of methoxy groups -OCH3 is 1. The SMILES string of the molecule is COc1ccc(N2CCCC2)cc1NS(=O)(=O)c1ccc2c(c1)CCC2. The Kier molecular flexibility index (Phi) is 4.53. The topological polar surface area (TPSA) is 58.6 Å². The predicted molar refractivity (Wildman–Crippen MR) is 104 cm³/mol. The monoisotopic (exact) mass is 372 g/mol. The molecule has 4 rings (SSSR count). The van der Waals surface area contributed by atoms with E-state index in [1.807, 2.05) is 30.3 Å². The van der Waals surface area contributed by atoms with Crippen LogP contribution in [-0.2, 0) is 22.9 Å². The first-order chi connectivity index (χ1) is 12.6. The molecule has 6 heteroatoms. The van der Waals surface area contributed by atoms with Crippen molar-refractivity contribution in [1.82, 2.24) is 0 Å². The van der Waals surface area contributed by atoms with Gasteiger partial charge < -0.3 is 9.64 Å². The van der Waals surface area contributed by atoms with E-state index in [0.29, 0.717) is 16.3 Å². The van der Waals surface area contributed by atoms with Crippen LogP contribution in [0.2, 0.25) is 0 Å². The maximum absolute atomic E-state index is 12.9.